The van der Waals surface area contributed by atoms with Crippen LogP contribution >= 0.6 is 15.9 Å². The van der Waals surface area contributed by atoms with Gasteiger partial charge in [0.2, 0.25) is 0 Å². The summed E-state index contributed by atoms with van der Waals surface area (Å²) in [6.45, 7) is 0. The fourth-order valence-corrected chi connectivity index (χ4v) is 3.50. The molecule has 2 aromatic rings. The highest BCUT2D eigenvalue weighted by Gasteiger charge is 2.34. The van der Waals surface area contributed by atoms with Crippen LogP contribution in [0, 0.1) is 5.82 Å². The van der Waals surface area contributed by atoms with Crippen molar-refractivity contribution in [2.45, 2.75) is 31.3 Å². The molecule has 0 amide bonds. The number of rotatable bonds is 2. The molecule has 0 aliphatic heterocycles. The SMILES string of the molecule is OC1(Cc2ccc(F)c(Br)c2)CCCc2ccccc21. The van der Waals surface area contributed by atoms with E-state index in [-0.39, 0.29) is 5.82 Å². The van der Waals surface area contributed by atoms with Gasteiger partial charge in [-0.15, -0.1) is 0 Å². The van der Waals surface area contributed by atoms with E-state index in [4.69, 9.17) is 0 Å². The molecule has 0 bridgehead atoms. The summed E-state index contributed by atoms with van der Waals surface area (Å²) >= 11 is 3.20. The molecule has 3 heteroatoms. The van der Waals surface area contributed by atoms with Crippen LogP contribution in [0.15, 0.2) is 46.9 Å². The lowest BCUT2D eigenvalue weighted by Gasteiger charge is -2.34. The van der Waals surface area contributed by atoms with Crippen LogP contribution < -0.4 is 0 Å². The summed E-state index contributed by atoms with van der Waals surface area (Å²) in [7, 11) is 0. The molecular weight excluding hydrogens is 319 g/mol. The molecule has 2 aromatic carbocycles. The normalized spacial score (nSPS) is 21.6. The lowest BCUT2D eigenvalue weighted by molar-refractivity contribution is 0.0190. The first-order chi connectivity index (χ1) is 9.58. The molecule has 1 unspecified atom stereocenters. The first-order valence-electron chi connectivity index (χ1n) is 6.83. The van der Waals surface area contributed by atoms with Gasteiger partial charge in [0, 0.05) is 6.42 Å². The molecule has 104 valence electrons. The summed E-state index contributed by atoms with van der Waals surface area (Å²) in [5.74, 6) is -0.273. The first-order valence-corrected chi connectivity index (χ1v) is 7.62. The molecule has 1 aliphatic rings. The zero-order chi connectivity index (χ0) is 14.2. The number of hydrogen-bond acceptors (Lipinski definition) is 1. The molecule has 0 saturated carbocycles. The highest BCUT2D eigenvalue weighted by molar-refractivity contribution is 9.10. The zero-order valence-electron chi connectivity index (χ0n) is 11.1. The lowest BCUT2D eigenvalue weighted by Crippen LogP contribution is -2.33. The number of hydrogen-bond donors (Lipinski definition) is 1. The van der Waals surface area contributed by atoms with Gasteiger partial charge in [0.1, 0.15) is 5.82 Å². The van der Waals surface area contributed by atoms with Gasteiger partial charge in [0.05, 0.1) is 10.1 Å². The van der Waals surface area contributed by atoms with E-state index in [0.29, 0.717) is 10.9 Å². The minimum absolute atomic E-state index is 0.273. The van der Waals surface area contributed by atoms with Crippen molar-refractivity contribution in [3.63, 3.8) is 0 Å². The van der Waals surface area contributed by atoms with E-state index in [1.54, 1.807) is 12.1 Å². The quantitative estimate of drug-likeness (QED) is 0.865. The predicted molar refractivity (Wildman–Crippen MR) is 81.1 cm³/mol. The second-order valence-corrected chi connectivity index (χ2v) is 6.32. The number of benzene rings is 2. The molecule has 0 spiro atoms. The monoisotopic (exact) mass is 334 g/mol. The molecule has 0 fully saturated rings. The van der Waals surface area contributed by atoms with Crippen LogP contribution in [0.4, 0.5) is 4.39 Å². The van der Waals surface area contributed by atoms with E-state index in [0.717, 1.165) is 30.4 Å². The van der Waals surface area contributed by atoms with Gasteiger partial charge in [-0.05, 0) is 64.0 Å². The van der Waals surface area contributed by atoms with Gasteiger partial charge in [0.25, 0.3) is 0 Å². The largest absolute Gasteiger partial charge is 0.385 e. The Kier molecular flexibility index (Phi) is 3.65. The van der Waals surface area contributed by atoms with E-state index < -0.39 is 5.60 Å². The third-order valence-corrected chi connectivity index (χ3v) is 4.64. The minimum Gasteiger partial charge on any atom is -0.385 e. The van der Waals surface area contributed by atoms with E-state index >= 15 is 0 Å². The Balaban J connectivity index is 1.95. The molecule has 1 N–H and O–H groups in total. The van der Waals surface area contributed by atoms with Crippen LogP contribution in [0.3, 0.4) is 0 Å². The Morgan fingerprint density at radius 3 is 2.80 bits per heavy atom. The van der Waals surface area contributed by atoms with Crippen molar-refractivity contribution in [3.05, 3.63) is 69.4 Å². The second kappa shape index (κ2) is 5.30. The highest BCUT2D eigenvalue weighted by atomic mass is 79.9. The summed E-state index contributed by atoms with van der Waals surface area (Å²) in [6, 6.07) is 13.0. The Bertz CT molecular complexity index is 641. The van der Waals surface area contributed by atoms with Gasteiger partial charge < -0.3 is 5.11 Å². The average molecular weight is 335 g/mol. The Hall–Kier alpha value is -1.19. The first kappa shape index (κ1) is 13.8. The summed E-state index contributed by atoms with van der Waals surface area (Å²) < 4.78 is 13.7. The number of halogens is 2. The van der Waals surface area contributed by atoms with E-state index in [2.05, 4.69) is 22.0 Å². The van der Waals surface area contributed by atoms with Crippen molar-refractivity contribution in [3.8, 4) is 0 Å². The van der Waals surface area contributed by atoms with Crippen molar-refractivity contribution in [2.24, 2.45) is 0 Å². The molecule has 0 aromatic heterocycles. The molecule has 1 nitrogen and oxygen atoms in total. The summed E-state index contributed by atoms with van der Waals surface area (Å²) in [5.41, 5.74) is 2.35. The highest BCUT2D eigenvalue weighted by Crippen LogP contribution is 2.38. The van der Waals surface area contributed by atoms with Gasteiger partial charge in [0.15, 0.2) is 0 Å². The van der Waals surface area contributed by atoms with Gasteiger partial charge in [-0.25, -0.2) is 4.39 Å². The molecule has 1 atom stereocenters. The third kappa shape index (κ3) is 2.52. The van der Waals surface area contributed by atoms with Crippen LogP contribution in [0.25, 0.3) is 0 Å². The van der Waals surface area contributed by atoms with Crippen LogP contribution in [0.1, 0.15) is 29.5 Å². The van der Waals surface area contributed by atoms with Gasteiger partial charge in [-0.2, -0.15) is 0 Å². The van der Waals surface area contributed by atoms with E-state index in [9.17, 15) is 9.50 Å². The van der Waals surface area contributed by atoms with E-state index in [1.165, 1.54) is 11.6 Å². The molecule has 3 rings (SSSR count). The fraction of sp³-hybridized carbons (Fsp3) is 0.294. The van der Waals surface area contributed by atoms with Crippen LogP contribution in [0.5, 0.6) is 0 Å². The van der Waals surface area contributed by atoms with Crippen molar-refractivity contribution < 1.29 is 9.50 Å². The molecule has 0 saturated heterocycles. The molecule has 1 aliphatic carbocycles. The molecular formula is C17H16BrFO. The van der Waals surface area contributed by atoms with Gasteiger partial charge in [-0.3, -0.25) is 0 Å². The van der Waals surface area contributed by atoms with Crippen molar-refractivity contribution in [2.75, 3.05) is 0 Å². The average Bonchev–Trinajstić information content (AvgIpc) is 2.43. The van der Waals surface area contributed by atoms with Gasteiger partial charge in [-0.1, -0.05) is 30.3 Å². The standard InChI is InChI=1S/C17H16BrFO/c18-15-10-12(7-8-16(15)19)11-17(20)9-3-5-13-4-1-2-6-14(13)17/h1-2,4,6-8,10,20H,3,5,9,11H2. The van der Waals surface area contributed by atoms with E-state index in [1.807, 2.05) is 18.2 Å². The Morgan fingerprint density at radius 1 is 1.20 bits per heavy atom. The zero-order valence-corrected chi connectivity index (χ0v) is 12.7. The minimum atomic E-state index is -0.841. The second-order valence-electron chi connectivity index (χ2n) is 5.47. The van der Waals surface area contributed by atoms with Crippen LogP contribution in [-0.2, 0) is 18.4 Å². The maximum atomic E-state index is 13.3. The van der Waals surface area contributed by atoms with Crippen molar-refractivity contribution in [1.29, 1.82) is 0 Å². The molecule has 20 heavy (non-hydrogen) atoms. The van der Waals surface area contributed by atoms with Gasteiger partial charge >= 0.3 is 0 Å². The lowest BCUT2D eigenvalue weighted by atomic mass is 9.76. The Labute approximate surface area is 126 Å². The van der Waals surface area contributed by atoms with Crippen molar-refractivity contribution in [1.82, 2.24) is 0 Å². The fourth-order valence-electron chi connectivity index (χ4n) is 3.07. The predicted octanol–water partition coefficient (Wildman–Crippen LogP) is 4.35. The topological polar surface area (TPSA) is 20.2 Å². The maximum absolute atomic E-state index is 13.3. The Morgan fingerprint density at radius 2 is 2.00 bits per heavy atom. The molecule has 0 radical (unpaired) electrons. The number of fused-ring (bicyclic) bond motifs is 1. The number of aliphatic hydroxyl groups is 1. The summed E-state index contributed by atoms with van der Waals surface area (Å²) in [4.78, 5) is 0. The smallest absolute Gasteiger partial charge is 0.137 e. The maximum Gasteiger partial charge on any atom is 0.137 e. The van der Waals surface area contributed by atoms with Crippen LogP contribution in [0.2, 0.25) is 0 Å². The summed E-state index contributed by atoms with van der Waals surface area (Å²) in [5, 5.41) is 11.0. The van der Waals surface area contributed by atoms with Crippen molar-refractivity contribution >= 4 is 15.9 Å². The third-order valence-electron chi connectivity index (χ3n) is 4.04. The number of aryl methyl sites for hydroxylation is 1. The summed E-state index contributed by atoms with van der Waals surface area (Å²) in [6.07, 6.45) is 3.27. The van der Waals surface area contributed by atoms with Crippen LogP contribution in [-0.4, -0.2) is 5.11 Å². The molecule has 0 heterocycles.